The molecular formula is C11H17F2NO. The van der Waals surface area contributed by atoms with Crippen molar-refractivity contribution in [2.75, 3.05) is 13.1 Å². The molecule has 4 heteroatoms. The maximum Gasteiger partial charge on any atom is 0.248 e. The van der Waals surface area contributed by atoms with Crippen LogP contribution in [0.4, 0.5) is 8.78 Å². The highest BCUT2D eigenvalue weighted by Gasteiger charge is 2.40. The average molecular weight is 217 g/mol. The van der Waals surface area contributed by atoms with Crippen LogP contribution in [0.3, 0.4) is 0 Å². The maximum atomic E-state index is 12.9. The van der Waals surface area contributed by atoms with E-state index in [1.807, 2.05) is 0 Å². The monoisotopic (exact) mass is 217 g/mol. The summed E-state index contributed by atoms with van der Waals surface area (Å²) in [5.74, 6) is -2.19. The first kappa shape index (κ1) is 11.0. The molecule has 0 amide bonds. The number of carbonyl (C=O) groups excluding carboxylic acids is 1. The Morgan fingerprint density at radius 2 is 2.27 bits per heavy atom. The smallest absolute Gasteiger partial charge is 0.248 e. The Morgan fingerprint density at radius 1 is 1.47 bits per heavy atom. The van der Waals surface area contributed by atoms with Gasteiger partial charge in [-0.2, -0.15) is 0 Å². The zero-order valence-corrected chi connectivity index (χ0v) is 8.77. The van der Waals surface area contributed by atoms with Gasteiger partial charge in [0.2, 0.25) is 5.92 Å². The highest BCUT2D eigenvalue weighted by atomic mass is 19.3. The molecule has 0 bridgehead atoms. The van der Waals surface area contributed by atoms with Crippen molar-refractivity contribution in [3.63, 3.8) is 0 Å². The molecule has 2 rings (SSSR count). The molecule has 0 radical (unpaired) electrons. The van der Waals surface area contributed by atoms with E-state index in [0.29, 0.717) is 25.8 Å². The molecule has 0 spiro atoms. The fourth-order valence-corrected chi connectivity index (χ4v) is 2.67. The van der Waals surface area contributed by atoms with Gasteiger partial charge in [0.05, 0.1) is 0 Å². The molecule has 2 atom stereocenters. The third-order valence-electron chi connectivity index (χ3n) is 3.52. The Bertz CT molecular complexity index is 255. The fraction of sp³-hybridized carbons (Fsp3) is 0.909. The number of rotatable bonds is 2. The van der Waals surface area contributed by atoms with Crippen molar-refractivity contribution in [2.45, 2.75) is 38.0 Å². The number of piperidine rings is 1. The first-order valence-corrected chi connectivity index (χ1v) is 5.68. The number of hydrogen-bond acceptors (Lipinski definition) is 2. The van der Waals surface area contributed by atoms with Gasteiger partial charge in [-0.3, -0.25) is 4.79 Å². The van der Waals surface area contributed by atoms with Crippen LogP contribution in [0.2, 0.25) is 0 Å². The second-order valence-corrected chi connectivity index (χ2v) is 4.82. The van der Waals surface area contributed by atoms with Gasteiger partial charge in [-0.1, -0.05) is 0 Å². The summed E-state index contributed by atoms with van der Waals surface area (Å²) in [6.45, 7) is 1.43. The van der Waals surface area contributed by atoms with Gasteiger partial charge >= 0.3 is 0 Å². The molecule has 1 heterocycles. The van der Waals surface area contributed by atoms with Crippen LogP contribution in [-0.2, 0) is 4.79 Å². The van der Waals surface area contributed by atoms with Gasteiger partial charge < -0.3 is 5.32 Å². The standard InChI is InChI=1S/C11H17F2NO/c12-11(13)3-1-8(6-11)5-9-7-14-4-2-10(9)15/h8-9,14H,1-7H2. The van der Waals surface area contributed by atoms with E-state index in [1.54, 1.807) is 0 Å². The molecule has 1 aliphatic heterocycles. The lowest BCUT2D eigenvalue weighted by molar-refractivity contribution is -0.124. The summed E-state index contributed by atoms with van der Waals surface area (Å²) in [5, 5.41) is 3.15. The summed E-state index contributed by atoms with van der Waals surface area (Å²) in [5.41, 5.74) is 0. The van der Waals surface area contributed by atoms with E-state index in [9.17, 15) is 13.6 Å². The SMILES string of the molecule is O=C1CCNCC1CC1CCC(F)(F)C1. The predicted molar refractivity (Wildman–Crippen MR) is 52.9 cm³/mol. The largest absolute Gasteiger partial charge is 0.316 e. The van der Waals surface area contributed by atoms with Gasteiger partial charge in [-0.15, -0.1) is 0 Å². The molecule has 1 N–H and O–H groups in total. The quantitative estimate of drug-likeness (QED) is 0.766. The van der Waals surface area contributed by atoms with Crippen molar-refractivity contribution < 1.29 is 13.6 Å². The van der Waals surface area contributed by atoms with Gasteiger partial charge in [0.15, 0.2) is 0 Å². The number of carbonyl (C=O) groups is 1. The lowest BCUT2D eigenvalue weighted by Gasteiger charge is -2.24. The summed E-state index contributed by atoms with van der Waals surface area (Å²) >= 11 is 0. The number of nitrogens with one attached hydrogen (secondary N) is 1. The van der Waals surface area contributed by atoms with E-state index in [2.05, 4.69) is 5.32 Å². The number of hydrogen-bond donors (Lipinski definition) is 1. The van der Waals surface area contributed by atoms with Gasteiger partial charge in [0, 0.05) is 38.3 Å². The van der Waals surface area contributed by atoms with E-state index < -0.39 is 5.92 Å². The van der Waals surface area contributed by atoms with Crippen molar-refractivity contribution in [1.29, 1.82) is 0 Å². The van der Waals surface area contributed by atoms with Gasteiger partial charge in [-0.05, 0) is 18.8 Å². The molecule has 15 heavy (non-hydrogen) atoms. The lowest BCUT2D eigenvalue weighted by Crippen LogP contribution is -2.37. The molecular weight excluding hydrogens is 200 g/mol. The normalized spacial score (nSPS) is 35.7. The van der Waals surface area contributed by atoms with Crippen LogP contribution in [0.15, 0.2) is 0 Å². The summed E-state index contributed by atoms with van der Waals surface area (Å²) in [6.07, 6.45) is 1.79. The predicted octanol–water partition coefficient (Wildman–Crippen LogP) is 1.99. The molecule has 2 fully saturated rings. The van der Waals surface area contributed by atoms with E-state index >= 15 is 0 Å². The Kier molecular flexibility index (Phi) is 3.05. The van der Waals surface area contributed by atoms with Crippen LogP contribution in [0.25, 0.3) is 0 Å². The third kappa shape index (κ3) is 2.74. The van der Waals surface area contributed by atoms with Crippen LogP contribution in [0.1, 0.15) is 32.1 Å². The highest BCUT2D eigenvalue weighted by Crippen LogP contribution is 2.41. The minimum atomic E-state index is -2.48. The van der Waals surface area contributed by atoms with E-state index in [0.717, 1.165) is 6.54 Å². The molecule has 2 unspecified atom stereocenters. The maximum absolute atomic E-state index is 12.9. The van der Waals surface area contributed by atoms with E-state index in [4.69, 9.17) is 0 Å². The molecule has 2 aliphatic rings. The second-order valence-electron chi connectivity index (χ2n) is 4.82. The van der Waals surface area contributed by atoms with E-state index in [-0.39, 0.29) is 30.5 Å². The summed E-state index contributed by atoms with van der Waals surface area (Å²) < 4.78 is 25.9. The average Bonchev–Trinajstić information content (AvgIpc) is 2.50. The molecule has 86 valence electrons. The second kappa shape index (κ2) is 4.16. The first-order chi connectivity index (χ1) is 7.07. The number of ketones is 1. The molecule has 2 nitrogen and oxygen atoms in total. The van der Waals surface area contributed by atoms with Crippen molar-refractivity contribution in [1.82, 2.24) is 5.32 Å². The van der Waals surface area contributed by atoms with Crippen molar-refractivity contribution in [2.24, 2.45) is 11.8 Å². The summed E-state index contributed by atoms with van der Waals surface area (Å²) in [4.78, 5) is 11.5. The Hall–Kier alpha value is -0.510. The molecule has 1 aliphatic carbocycles. The van der Waals surface area contributed by atoms with Crippen molar-refractivity contribution in [3.05, 3.63) is 0 Å². The summed E-state index contributed by atoms with van der Waals surface area (Å²) in [7, 11) is 0. The zero-order chi connectivity index (χ0) is 10.9. The van der Waals surface area contributed by atoms with Crippen LogP contribution >= 0.6 is 0 Å². The van der Waals surface area contributed by atoms with Crippen molar-refractivity contribution in [3.8, 4) is 0 Å². The molecule has 0 aromatic carbocycles. The Morgan fingerprint density at radius 3 is 2.87 bits per heavy atom. The van der Waals surface area contributed by atoms with Gasteiger partial charge in [0.25, 0.3) is 0 Å². The zero-order valence-electron chi connectivity index (χ0n) is 8.77. The number of alkyl halides is 2. The summed E-state index contributed by atoms with van der Waals surface area (Å²) in [6, 6.07) is 0. The lowest BCUT2D eigenvalue weighted by atomic mass is 9.87. The van der Waals surface area contributed by atoms with Crippen molar-refractivity contribution >= 4 is 5.78 Å². The van der Waals surface area contributed by atoms with Crippen LogP contribution in [0, 0.1) is 11.8 Å². The van der Waals surface area contributed by atoms with Gasteiger partial charge in [0.1, 0.15) is 5.78 Å². The topological polar surface area (TPSA) is 29.1 Å². The van der Waals surface area contributed by atoms with Crippen LogP contribution < -0.4 is 5.32 Å². The molecule has 1 saturated heterocycles. The van der Waals surface area contributed by atoms with Gasteiger partial charge in [-0.25, -0.2) is 8.78 Å². The Balaban J connectivity index is 1.84. The number of Topliss-reactive ketones (excluding diaryl/α,β-unsaturated/α-hetero) is 1. The van der Waals surface area contributed by atoms with Crippen LogP contribution in [0.5, 0.6) is 0 Å². The molecule has 0 aromatic rings. The number of halogens is 2. The Labute approximate surface area is 88.4 Å². The highest BCUT2D eigenvalue weighted by molar-refractivity contribution is 5.82. The minimum absolute atomic E-state index is 0.00596. The van der Waals surface area contributed by atoms with E-state index in [1.165, 1.54) is 0 Å². The molecule has 1 saturated carbocycles. The van der Waals surface area contributed by atoms with Crippen LogP contribution in [-0.4, -0.2) is 24.8 Å². The fourth-order valence-electron chi connectivity index (χ4n) is 2.67. The first-order valence-electron chi connectivity index (χ1n) is 5.68. The minimum Gasteiger partial charge on any atom is -0.316 e. The molecule has 0 aromatic heterocycles. The third-order valence-corrected chi connectivity index (χ3v) is 3.52.